The molecular formula is C18H25N7O. The van der Waals surface area contributed by atoms with Gasteiger partial charge in [-0.05, 0) is 38.1 Å². The molecule has 0 spiro atoms. The van der Waals surface area contributed by atoms with Gasteiger partial charge >= 0.3 is 0 Å². The van der Waals surface area contributed by atoms with E-state index in [2.05, 4.69) is 45.2 Å². The highest BCUT2D eigenvalue weighted by Crippen LogP contribution is 2.23. The Morgan fingerprint density at radius 3 is 2.50 bits per heavy atom. The van der Waals surface area contributed by atoms with Crippen molar-refractivity contribution in [3.05, 3.63) is 54.1 Å². The number of nitrogens with two attached hydrogens (primary N) is 1. The van der Waals surface area contributed by atoms with Crippen LogP contribution in [-0.2, 0) is 0 Å². The Labute approximate surface area is 153 Å². The Morgan fingerprint density at radius 2 is 1.88 bits per heavy atom. The third kappa shape index (κ3) is 5.47. The molecule has 2 aromatic rings. The van der Waals surface area contributed by atoms with E-state index >= 15 is 0 Å². The zero-order chi connectivity index (χ0) is 18.8. The van der Waals surface area contributed by atoms with E-state index in [4.69, 9.17) is 5.84 Å². The number of anilines is 1. The molecule has 138 valence electrons. The number of hydrazone groups is 1. The predicted octanol–water partition coefficient (Wildman–Crippen LogP) is 1.82. The molecule has 0 heterocycles. The highest BCUT2D eigenvalue weighted by Gasteiger charge is 2.05. The molecule has 0 bridgehead atoms. The van der Waals surface area contributed by atoms with Crippen LogP contribution in [-0.4, -0.2) is 30.4 Å². The number of para-hydroxylation sites is 1. The normalized spacial score (nSPS) is 11.6. The van der Waals surface area contributed by atoms with Crippen molar-refractivity contribution in [3.8, 4) is 5.75 Å². The van der Waals surface area contributed by atoms with Gasteiger partial charge in [-0.2, -0.15) is 10.6 Å². The molecule has 0 atom stereocenters. The van der Waals surface area contributed by atoms with E-state index in [-0.39, 0.29) is 5.75 Å². The summed E-state index contributed by atoms with van der Waals surface area (Å²) in [6.45, 7) is 5.90. The number of nitrogens with one attached hydrogen (secondary N) is 3. The lowest BCUT2D eigenvalue weighted by Crippen LogP contribution is -2.47. The highest BCUT2D eigenvalue weighted by molar-refractivity contribution is 5.87. The Bertz CT molecular complexity index is 742. The van der Waals surface area contributed by atoms with Gasteiger partial charge in [-0.1, -0.05) is 18.2 Å². The number of aliphatic imine (C=N–C) groups is 1. The minimum absolute atomic E-state index is 0.159. The fourth-order valence-corrected chi connectivity index (χ4v) is 2.37. The number of aromatic hydroxyl groups is 1. The van der Waals surface area contributed by atoms with Crippen LogP contribution in [0.4, 0.5) is 11.4 Å². The lowest BCUT2D eigenvalue weighted by Gasteiger charge is -2.21. The summed E-state index contributed by atoms with van der Waals surface area (Å²) >= 11 is 0. The van der Waals surface area contributed by atoms with Gasteiger partial charge in [0.05, 0.1) is 11.9 Å². The summed E-state index contributed by atoms with van der Waals surface area (Å²) in [5, 5.41) is 14.3. The number of hydrogen-bond acceptors (Lipinski definition) is 6. The number of nitrogens with zero attached hydrogens (tertiary/aromatic N) is 3. The number of hydrogen-bond donors (Lipinski definition) is 5. The second-order valence-corrected chi connectivity index (χ2v) is 5.35. The van der Waals surface area contributed by atoms with Crippen molar-refractivity contribution in [3.63, 3.8) is 0 Å². The average Bonchev–Trinajstić information content (AvgIpc) is 2.65. The first kappa shape index (κ1) is 19.2. The average molecular weight is 355 g/mol. The molecule has 0 aliphatic carbocycles. The van der Waals surface area contributed by atoms with Crippen LogP contribution in [0.1, 0.15) is 19.4 Å². The Morgan fingerprint density at radius 1 is 1.15 bits per heavy atom. The van der Waals surface area contributed by atoms with Crippen LogP contribution >= 0.6 is 0 Å². The maximum atomic E-state index is 10.2. The van der Waals surface area contributed by atoms with Crippen LogP contribution in [0.2, 0.25) is 0 Å². The summed E-state index contributed by atoms with van der Waals surface area (Å²) in [5.41, 5.74) is 10.0. The van der Waals surface area contributed by atoms with Crippen molar-refractivity contribution in [2.75, 3.05) is 18.0 Å². The van der Waals surface area contributed by atoms with Crippen molar-refractivity contribution in [2.45, 2.75) is 13.8 Å². The van der Waals surface area contributed by atoms with Gasteiger partial charge < -0.3 is 10.0 Å². The summed E-state index contributed by atoms with van der Waals surface area (Å²) < 4.78 is 0. The first-order valence-electron chi connectivity index (χ1n) is 8.40. The van der Waals surface area contributed by atoms with E-state index < -0.39 is 0 Å². The van der Waals surface area contributed by atoms with E-state index in [9.17, 15) is 5.11 Å². The number of phenolic OH excluding ortho intramolecular Hbond substituents is 1. The van der Waals surface area contributed by atoms with Gasteiger partial charge in [-0.25, -0.2) is 10.4 Å². The van der Waals surface area contributed by atoms with Crippen molar-refractivity contribution < 1.29 is 5.11 Å². The molecule has 0 radical (unpaired) electrons. The first-order valence-corrected chi connectivity index (χ1v) is 8.40. The molecule has 0 fully saturated rings. The summed E-state index contributed by atoms with van der Waals surface area (Å²) in [5.74, 6) is 5.76. The van der Waals surface area contributed by atoms with Crippen molar-refractivity contribution >= 4 is 23.5 Å². The van der Waals surface area contributed by atoms with E-state index in [0.717, 1.165) is 24.5 Å². The minimum Gasteiger partial charge on any atom is -0.507 e. The lowest BCUT2D eigenvalue weighted by atomic mass is 10.2. The Hall–Kier alpha value is -3.10. The second kappa shape index (κ2) is 10.0. The molecule has 0 saturated heterocycles. The van der Waals surface area contributed by atoms with Gasteiger partial charge in [0.15, 0.2) is 0 Å². The second-order valence-electron chi connectivity index (χ2n) is 5.35. The van der Waals surface area contributed by atoms with E-state index in [0.29, 0.717) is 11.5 Å². The van der Waals surface area contributed by atoms with E-state index in [1.54, 1.807) is 6.07 Å². The molecule has 8 nitrogen and oxygen atoms in total. The van der Waals surface area contributed by atoms with Crippen LogP contribution in [0.15, 0.2) is 58.6 Å². The number of phenols is 1. The molecule has 2 aromatic carbocycles. The van der Waals surface area contributed by atoms with Crippen LogP contribution in [0.5, 0.6) is 5.75 Å². The standard InChI is InChI=1S/C18H25N7O/c1-3-25(4-2)16-11-10-14(17(26)12-16)13-20-22-18(23-24-19)21-15-8-6-5-7-9-15/h5-13,24,26H,3-4,19H2,1-2H3,(H2,21,22,23)/b20-13+. The third-order valence-electron chi connectivity index (χ3n) is 3.70. The van der Waals surface area contributed by atoms with Crippen LogP contribution < -0.4 is 27.1 Å². The number of rotatable bonds is 7. The van der Waals surface area contributed by atoms with Crippen LogP contribution in [0.25, 0.3) is 0 Å². The zero-order valence-corrected chi connectivity index (χ0v) is 15.0. The van der Waals surface area contributed by atoms with Gasteiger partial charge in [0.1, 0.15) is 5.75 Å². The Kier molecular flexibility index (Phi) is 7.41. The van der Waals surface area contributed by atoms with Gasteiger partial charge in [-0.3, -0.25) is 11.3 Å². The molecule has 2 rings (SSSR count). The molecule has 0 amide bonds. The van der Waals surface area contributed by atoms with Crippen molar-refractivity contribution in [2.24, 2.45) is 15.9 Å². The fraction of sp³-hybridized carbons (Fsp3) is 0.222. The molecule has 0 aliphatic rings. The Balaban J connectivity index is 2.09. The third-order valence-corrected chi connectivity index (χ3v) is 3.70. The molecule has 0 aliphatic heterocycles. The van der Waals surface area contributed by atoms with Gasteiger partial charge in [-0.15, -0.1) is 0 Å². The molecule has 26 heavy (non-hydrogen) atoms. The molecule has 6 N–H and O–H groups in total. The zero-order valence-electron chi connectivity index (χ0n) is 15.0. The largest absolute Gasteiger partial charge is 0.507 e. The van der Waals surface area contributed by atoms with Gasteiger partial charge in [0, 0.05) is 30.4 Å². The number of hydrazine groups is 2. The maximum Gasteiger partial charge on any atom is 0.233 e. The molecule has 0 saturated carbocycles. The smallest absolute Gasteiger partial charge is 0.233 e. The minimum atomic E-state index is 0.159. The van der Waals surface area contributed by atoms with Crippen LogP contribution in [0, 0.1) is 0 Å². The quantitative estimate of drug-likeness (QED) is 0.224. The van der Waals surface area contributed by atoms with Gasteiger partial charge in [0.25, 0.3) is 0 Å². The van der Waals surface area contributed by atoms with E-state index in [1.165, 1.54) is 6.21 Å². The SMILES string of the molecule is CCN(CC)c1ccc(/C=N/NC(=Nc2ccccc2)NNN)c(O)c1. The molecule has 8 heteroatoms. The lowest BCUT2D eigenvalue weighted by molar-refractivity contribution is 0.474. The number of guanidine groups is 1. The van der Waals surface area contributed by atoms with Crippen molar-refractivity contribution in [1.29, 1.82) is 0 Å². The summed E-state index contributed by atoms with van der Waals surface area (Å²) in [4.78, 5) is 6.48. The summed E-state index contributed by atoms with van der Waals surface area (Å²) in [6, 6.07) is 14.9. The van der Waals surface area contributed by atoms with Gasteiger partial charge in [0.2, 0.25) is 5.96 Å². The first-order chi connectivity index (χ1) is 12.7. The topological polar surface area (TPSA) is 110 Å². The maximum absolute atomic E-state index is 10.2. The summed E-state index contributed by atoms with van der Waals surface area (Å²) in [6.07, 6.45) is 1.51. The summed E-state index contributed by atoms with van der Waals surface area (Å²) in [7, 11) is 0. The van der Waals surface area contributed by atoms with Crippen LogP contribution in [0.3, 0.4) is 0 Å². The monoisotopic (exact) mass is 355 g/mol. The van der Waals surface area contributed by atoms with Crippen molar-refractivity contribution in [1.82, 2.24) is 16.4 Å². The fourth-order valence-electron chi connectivity index (χ4n) is 2.37. The molecular weight excluding hydrogens is 330 g/mol. The van der Waals surface area contributed by atoms with E-state index in [1.807, 2.05) is 42.5 Å². The molecule has 0 aromatic heterocycles. The molecule has 0 unspecified atom stereocenters. The number of benzene rings is 2. The highest BCUT2D eigenvalue weighted by atomic mass is 16.3. The predicted molar refractivity (Wildman–Crippen MR) is 106 cm³/mol.